The van der Waals surface area contributed by atoms with Crippen LogP contribution in [0.2, 0.25) is 0 Å². The molecule has 5 heteroatoms. The van der Waals surface area contributed by atoms with E-state index in [0.29, 0.717) is 11.5 Å². The minimum atomic E-state index is 0.278. The molecule has 0 bridgehead atoms. The van der Waals surface area contributed by atoms with Crippen molar-refractivity contribution in [1.82, 2.24) is 20.2 Å². The molecule has 3 rings (SSSR count). The normalized spacial score (nSPS) is 12.7. The van der Waals surface area contributed by atoms with Crippen LogP contribution in [0.4, 0.5) is 5.82 Å². The van der Waals surface area contributed by atoms with Gasteiger partial charge in [-0.2, -0.15) is 5.10 Å². The van der Waals surface area contributed by atoms with Crippen molar-refractivity contribution >= 4 is 16.9 Å². The van der Waals surface area contributed by atoms with Crippen LogP contribution in [0.15, 0.2) is 36.7 Å². The molecule has 0 saturated carbocycles. The Labute approximate surface area is 110 Å². The van der Waals surface area contributed by atoms with Crippen LogP contribution in [0.1, 0.15) is 24.1 Å². The third-order valence-corrected chi connectivity index (χ3v) is 3.29. The lowest BCUT2D eigenvalue weighted by atomic mass is 9.96. The standard InChI is InChI=1S/C14H15N5/c1-9(7-10-5-3-2-4-6-10)12-11-13(15)16-8-17-14(11)19-18-12/h2-6,8-9H,7H2,1H3,(H3,15,16,17,18,19). The maximum atomic E-state index is 5.92. The zero-order valence-corrected chi connectivity index (χ0v) is 10.7. The molecule has 1 atom stereocenters. The summed E-state index contributed by atoms with van der Waals surface area (Å²) in [6, 6.07) is 10.4. The molecule has 0 aliphatic heterocycles. The van der Waals surface area contributed by atoms with Gasteiger partial charge in [0.05, 0.1) is 11.1 Å². The van der Waals surface area contributed by atoms with Crippen LogP contribution in [0.5, 0.6) is 0 Å². The summed E-state index contributed by atoms with van der Waals surface area (Å²) in [7, 11) is 0. The molecule has 0 aliphatic carbocycles. The molecule has 5 nitrogen and oxygen atoms in total. The number of nitrogen functional groups attached to an aromatic ring is 1. The number of aromatic amines is 1. The molecule has 0 aliphatic rings. The highest BCUT2D eigenvalue weighted by Crippen LogP contribution is 2.27. The fraction of sp³-hybridized carbons (Fsp3) is 0.214. The van der Waals surface area contributed by atoms with E-state index in [4.69, 9.17) is 5.73 Å². The Balaban J connectivity index is 1.96. The summed E-state index contributed by atoms with van der Waals surface area (Å²) in [5, 5.41) is 8.07. The van der Waals surface area contributed by atoms with Gasteiger partial charge < -0.3 is 5.73 Å². The van der Waals surface area contributed by atoms with E-state index in [2.05, 4.69) is 39.2 Å². The molecule has 0 spiro atoms. The quantitative estimate of drug-likeness (QED) is 0.750. The molecule has 0 fully saturated rings. The van der Waals surface area contributed by atoms with Crippen LogP contribution < -0.4 is 5.73 Å². The number of hydrogen-bond donors (Lipinski definition) is 2. The number of aromatic nitrogens is 4. The molecule has 2 aromatic heterocycles. The van der Waals surface area contributed by atoms with Crippen LogP contribution in [0, 0.1) is 0 Å². The first-order valence-electron chi connectivity index (χ1n) is 6.24. The molecule has 1 unspecified atom stereocenters. The number of rotatable bonds is 3. The third-order valence-electron chi connectivity index (χ3n) is 3.29. The van der Waals surface area contributed by atoms with Crippen molar-refractivity contribution in [2.24, 2.45) is 0 Å². The number of nitrogens with two attached hydrogens (primary N) is 1. The number of nitrogens with one attached hydrogen (secondary N) is 1. The van der Waals surface area contributed by atoms with E-state index in [1.165, 1.54) is 11.9 Å². The third kappa shape index (κ3) is 2.14. The predicted octanol–water partition coefficient (Wildman–Crippen LogP) is 2.28. The summed E-state index contributed by atoms with van der Waals surface area (Å²) < 4.78 is 0. The van der Waals surface area contributed by atoms with Gasteiger partial charge in [-0.1, -0.05) is 37.3 Å². The zero-order chi connectivity index (χ0) is 13.2. The van der Waals surface area contributed by atoms with Gasteiger partial charge in [0, 0.05) is 5.92 Å². The Morgan fingerprint density at radius 2 is 2.00 bits per heavy atom. The maximum absolute atomic E-state index is 5.92. The highest BCUT2D eigenvalue weighted by atomic mass is 15.2. The second kappa shape index (κ2) is 4.68. The Hall–Kier alpha value is -2.43. The van der Waals surface area contributed by atoms with Crippen molar-refractivity contribution in [2.45, 2.75) is 19.3 Å². The van der Waals surface area contributed by atoms with Gasteiger partial charge in [0.15, 0.2) is 5.65 Å². The average Bonchev–Trinajstić information content (AvgIpc) is 2.85. The molecule has 1 aromatic carbocycles. The first-order chi connectivity index (χ1) is 9.25. The molecular weight excluding hydrogens is 238 g/mol. The van der Waals surface area contributed by atoms with E-state index >= 15 is 0 Å². The highest BCUT2D eigenvalue weighted by molar-refractivity contribution is 5.87. The fourth-order valence-electron chi connectivity index (χ4n) is 2.33. The van der Waals surface area contributed by atoms with Crippen molar-refractivity contribution in [3.8, 4) is 0 Å². The maximum Gasteiger partial charge on any atom is 0.186 e. The Morgan fingerprint density at radius 1 is 1.21 bits per heavy atom. The summed E-state index contributed by atoms with van der Waals surface area (Å²) >= 11 is 0. The van der Waals surface area contributed by atoms with Gasteiger partial charge in [0.2, 0.25) is 0 Å². The number of anilines is 1. The molecule has 2 heterocycles. The first kappa shape index (κ1) is 11.6. The molecule has 96 valence electrons. The largest absolute Gasteiger partial charge is 0.383 e. The Morgan fingerprint density at radius 3 is 2.79 bits per heavy atom. The van der Waals surface area contributed by atoms with Crippen molar-refractivity contribution in [2.75, 3.05) is 5.73 Å². The number of nitrogens with zero attached hydrogens (tertiary/aromatic N) is 3. The van der Waals surface area contributed by atoms with Crippen LogP contribution in [-0.2, 0) is 6.42 Å². The smallest absolute Gasteiger partial charge is 0.186 e. The van der Waals surface area contributed by atoms with Gasteiger partial charge >= 0.3 is 0 Å². The molecule has 3 N–H and O–H groups in total. The minimum absolute atomic E-state index is 0.278. The van der Waals surface area contributed by atoms with Gasteiger partial charge in [-0.3, -0.25) is 5.10 Å². The van der Waals surface area contributed by atoms with E-state index in [9.17, 15) is 0 Å². The SMILES string of the molecule is CC(Cc1ccccc1)c1[nH]nc2ncnc(N)c12. The van der Waals surface area contributed by atoms with Crippen molar-refractivity contribution in [3.05, 3.63) is 47.9 Å². The fourth-order valence-corrected chi connectivity index (χ4v) is 2.33. The average molecular weight is 253 g/mol. The lowest BCUT2D eigenvalue weighted by Gasteiger charge is -2.10. The summed E-state index contributed by atoms with van der Waals surface area (Å²) in [4.78, 5) is 8.15. The lowest BCUT2D eigenvalue weighted by molar-refractivity contribution is 0.730. The summed E-state index contributed by atoms with van der Waals surface area (Å²) in [5.41, 5.74) is 8.83. The van der Waals surface area contributed by atoms with E-state index in [0.717, 1.165) is 17.5 Å². The number of benzene rings is 1. The topological polar surface area (TPSA) is 80.5 Å². The monoisotopic (exact) mass is 253 g/mol. The van der Waals surface area contributed by atoms with E-state index < -0.39 is 0 Å². The molecule has 3 aromatic rings. The van der Waals surface area contributed by atoms with E-state index in [1.54, 1.807) is 0 Å². The highest BCUT2D eigenvalue weighted by Gasteiger charge is 2.16. The van der Waals surface area contributed by atoms with E-state index in [1.807, 2.05) is 18.2 Å². The van der Waals surface area contributed by atoms with Crippen LogP contribution in [0.25, 0.3) is 11.0 Å². The van der Waals surface area contributed by atoms with Gasteiger partial charge in [0.25, 0.3) is 0 Å². The molecular formula is C14H15N5. The zero-order valence-electron chi connectivity index (χ0n) is 10.7. The minimum Gasteiger partial charge on any atom is -0.383 e. The number of fused-ring (bicyclic) bond motifs is 1. The van der Waals surface area contributed by atoms with E-state index in [-0.39, 0.29) is 5.92 Å². The number of hydrogen-bond acceptors (Lipinski definition) is 4. The van der Waals surface area contributed by atoms with Crippen LogP contribution in [-0.4, -0.2) is 20.2 Å². The Kier molecular flexibility index (Phi) is 2.87. The van der Waals surface area contributed by atoms with Gasteiger partial charge in [-0.05, 0) is 12.0 Å². The van der Waals surface area contributed by atoms with Crippen molar-refractivity contribution < 1.29 is 0 Å². The second-order valence-electron chi connectivity index (χ2n) is 4.69. The second-order valence-corrected chi connectivity index (χ2v) is 4.69. The molecule has 0 amide bonds. The summed E-state index contributed by atoms with van der Waals surface area (Å²) in [6.07, 6.45) is 2.36. The van der Waals surface area contributed by atoms with Crippen LogP contribution in [0.3, 0.4) is 0 Å². The molecule has 0 saturated heterocycles. The molecule has 0 radical (unpaired) electrons. The van der Waals surface area contributed by atoms with Gasteiger partial charge in [-0.15, -0.1) is 0 Å². The summed E-state index contributed by atoms with van der Waals surface area (Å²) in [5.74, 6) is 0.759. The van der Waals surface area contributed by atoms with Gasteiger partial charge in [-0.25, -0.2) is 9.97 Å². The van der Waals surface area contributed by atoms with Crippen molar-refractivity contribution in [3.63, 3.8) is 0 Å². The van der Waals surface area contributed by atoms with Crippen LogP contribution >= 0.6 is 0 Å². The lowest BCUT2D eigenvalue weighted by Crippen LogP contribution is -2.01. The summed E-state index contributed by atoms with van der Waals surface area (Å²) in [6.45, 7) is 2.15. The predicted molar refractivity (Wildman–Crippen MR) is 74.7 cm³/mol. The first-order valence-corrected chi connectivity index (χ1v) is 6.24. The molecule has 19 heavy (non-hydrogen) atoms. The Bertz CT molecular complexity index is 689. The van der Waals surface area contributed by atoms with Gasteiger partial charge in [0.1, 0.15) is 12.1 Å². The number of H-pyrrole nitrogens is 1. The van der Waals surface area contributed by atoms with Crippen molar-refractivity contribution in [1.29, 1.82) is 0 Å².